The van der Waals surface area contributed by atoms with Crippen molar-refractivity contribution in [3.8, 4) is 5.69 Å². The van der Waals surface area contributed by atoms with Crippen LogP contribution in [0, 0.1) is 6.92 Å². The number of hydrogen-bond donors (Lipinski definition) is 1. The molecule has 0 amide bonds. The third kappa shape index (κ3) is 2.74. The SMILES string of the molecule is Cc1nn(C)cc1-n1ccc(CNC(C)C)n1. The fourth-order valence-electron chi connectivity index (χ4n) is 1.71. The maximum Gasteiger partial charge on any atom is 0.105 e. The zero-order chi connectivity index (χ0) is 12.4. The molecule has 0 unspecified atom stereocenters. The number of rotatable bonds is 4. The van der Waals surface area contributed by atoms with Gasteiger partial charge in [0.05, 0.1) is 17.6 Å². The van der Waals surface area contributed by atoms with E-state index < -0.39 is 0 Å². The van der Waals surface area contributed by atoms with Gasteiger partial charge in [-0.3, -0.25) is 4.68 Å². The molecule has 0 saturated heterocycles. The average Bonchev–Trinajstić information content (AvgIpc) is 2.82. The molecule has 0 aliphatic carbocycles. The van der Waals surface area contributed by atoms with Crippen molar-refractivity contribution in [2.75, 3.05) is 0 Å². The summed E-state index contributed by atoms with van der Waals surface area (Å²) >= 11 is 0. The van der Waals surface area contributed by atoms with Crippen LogP contribution in [0.4, 0.5) is 0 Å². The van der Waals surface area contributed by atoms with Crippen molar-refractivity contribution < 1.29 is 0 Å². The van der Waals surface area contributed by atoms with E-state index in [1.54, 1.807) is 4.68 Å². The van der Waals surface area contributed by atoms with Crippen LogP contribution in [0.25, 0.3) is 5.69 Å². The highest BCUT2D eigenvalue weighted by molar-refractivity contribution is 5.32. The standard InChI is InChI=1S/C12H19N5/c1-9(2)13-7-11-5-6-17(15-11)12-8-16(4)14-10(12)3/h5-6,8-9,13H,7H2,1-4H3. The van der Waals surface area contributed by atoms with E-state index >= 15 is 0 Å². The molecule has 0 spiro atoms. The van der Waals surface area contributed by atoms with Crippen LogP contribution in [0.1, 0.15) is 25.2 Å². The van der Waals surface area contributed by atoms with Gasteiger partial charge in [-0.05, 0) is 13.0 Å². The van der Waals surface area contributed by atoms with Crippen molar-refractivity contribution in [1.82, 2.24) is 24.9 Å². The Morgan fingerprint density at radius 2 is 2.12 bits per heavy atom. The molecular weight excluding hydrogens is 214 g/mol. The van der Waals surface area contributed by atoms with Crippen molar-refractivity contribution >= 4 is 0 Å². The van der Waals surface area contributed by atoms with E-state index in [1.165, 1.54) is 0 Å². The third-order valence-corrected chi connectivity index (χ3v) is 2.57. The van der Waals surface area contributed by atoms with Gasteiger partial charge in [-0.25, -0.2) is 4.68 Å². The lowest BCUT2D eigenvalue weighted by atomic mass is 10.3. The quantitative estimate of drug-likeness (QED) is 0.868. The largest absolute Gasteiger partial charge is 0.309 e. The predicted molar refractivity (Wildman–Crippen MR) is 67.0 cm³/mol. The lowest BCUT2D eigenvalue weighted by Gasteiger charge is -2.05. The van der Waals surface area contributed by atoms with Crippen molar-refractivity contribution in [3.63, 3.8) is 0 Å². The van der Waals surface area contributed by atoms with Gasteiger partial charge in [0.1, 0.15) is 5.69 Å². The van der Waals surface area contributed by atoms with Gasteiger partial charge in [-0.15, -0.1) is 0 Å². The van der Waals surface area contributed by atoms with Crippen molar-refractivity contribution in [1.29, 1.82) is 0 Å². The predicted octanol–water partition coefficient (Wildman–Crippen LogP) is 1.41. The molecule has 0 saturated carbocycles. The highest BCUT2D eigenvalue weighted by atomic mass is 15.3. The summed E-state index contributed by atoms with van der Waals surface area (Å²) in [4.78, 5) is 0. The van der Waals surface area contributed by atoms with Crippen molar-refractivity contribution in [2.24, 2.45) is 7.05 Å². The van der Waals surface area contributed by atoms with Gasteiger partial charge in [0.15, 0.2) is 0 Å². The summed E-state index contributed by atoms with van der Waals surface area (Å²) in [7, 11) is 1.92. The molecule has 0 aromatic carbocycles. The molecule has 92 valence electrons. The fraction of sp³-hybridized carbons (Fsp3) is 0.500. The Morgan fingerprint density at radius 1 is 1.35 bits per heavy atom. The van der Waals surface area contributed by atoms with Crippen LogP contribution >= 0.6 is 0 Å². The smallest absolute Gasteiger partial charge is 0.105 e. The number of aromatic nitrogens is 4. The fourth-order valence-corrected chi connectivity index (χ4v) is 1.71. The zero-order valence-electron chi connectivity index (χ0n) is 10.8. The van der Waals surface area contributed by atoms with Crippen LogP contribution in [0.5, 0.6) is 0 Å². The Hall–Kier alpha value is -1.62. The minimum absolute atomic E-state index is 0.472. The monoisotopic (exact) mass is 233 g/mol. The molecule has 0 aliphatic heterocycles. The first kappa shape index (κ1) is 11.9. The molecule has 0 radical (unpaired) electrons. The maximum absolute atomic E-state index is 4.53. The number of nitrogens with zero attached hydrogens (tertiary/aromatic N) is 4. The molecule has 5 nitrogen and oxygen atoms in total. The summed E-state index contributed by atoms with van der Waals surface area (Å²) in [6, 6.07) is 2.50. The van der Waals surface area contributed by atoms with Crippen LogP contribution in [-0.2, 0) is 13.6 Å². The molecule has 2 aromatic heterocycles. The zero-order valence-corrected chi connectivity index (χ0v) is 10.8. The van der Waals surface area contributed by atoms with E-state index in [0.29, 0.717) is 6.04 Å². The molecule has 0 atom stereocenters. The molecular formula is C12H19N5. The molecule has 5 heteroatoms. The van der Waals surface area contributed by atoms with Crippen LogP contribution in [0.15, 0.2) is 18.5 Å². The lowest BCUT2D eigenvalue weighted by molar-refractivity contribution is 0.578. The van der Waals surface area contributed by atoms with Crippen LogP contribution in [-0.4, -0.2) is 25.6 Å². The molecule has 2 heterocycles. The van der Waals surface area contributed by atoms with Gasteiger partial charge in [-0.1, -0.05) is 13.8 Å². The van der Waals surface area contributed by atoms with E-state index in [1.807, 2.05) is 37.1 Å². The second-order valence-corrected chi connectivity index (χ2v) is 4.56. The normalized spacial score (nSPS) is 11.4. The second kappa shape index (κ2) is 4.71. The molecule has 17 heavy (non-hydrogen) atoms. The third-order valence-electron chi connectivity index (χ3n) is 2.57. The molecule has 2 rings (SSSR count). The van der Waals surface area contributed by atoms with Crippen molar-refractivity contribution in [3.05, 3.63) is 29.8 Å². The Balaban J connectivity index is 2.15. The number of aryl methyl sites for hydroxylation is 2. The van der Waals surface area contributed by atoms with E-state index in [2.05, 4.69) is 29.4 Å². The average molecular weight is 233 g/mol. The van der Waals surface area contributed by atoms with Crippen LogP contribution in [0.2, 0.25) is 0 Å². The minimum Gasteiger partial charge on any atom is -0.309 e. The van der Waals surface area contributed by atoms with Crippen molar-refractivity contribution in [2.45, 2.75) is 33.4 Å². The Labute approximate surface area is 101 Å². The van der Waals surface area contributed by atoms with E-state index in [0.717, 1.165) is 23.6 Å². The van der Waals surface area contributed by atoms with E-state index in [-0.39, 0.29) is 0 Å². The van der Waals surface area contributed by atoms with Gasteiger partial charge >= 0.3 is 0 Å². The Morgan fingerprint density at radius 3 is 2.71 bits per heavy atom. The highest BCUT2D eigenvalue weighted by Gasteiger charge is 2.07. The molecule has 1 N–H and O–H groups in total. The summed E-state index contributed by atoms with van der Waals surface area (Å²) in [5, 5.41) is 12.2. The first-order valence-corrected chi connectivity index (χ1v) is 5.85. The topological polar surface area (TPSA) is 47.7 Å². The molecule has 0 fully saturated rings. The summed E-state index contributed by atoms with van der Waals surface area (Å²) < 4.78 is 3.68. The van der Waals surface area contributed by atoms with Gasteiger partial charge in [0.2, 0.25) is 0 Å². The molecule has 0 bridgehead atoms. The van der Waals surface area contributed by atoms with Gasteiger partial charge in [0, 0.05) is 25.8 Å². The second-order valence-electron chi connectivity index (χ2n) is 4.56. The summed E-state index contributed by atoms with van der Waals surface area (Å²) in [6.07, 6.45) is 3.95. The summed E-state index contributed by atoms with van der Waals surface area (Å²) in [6.45, 7) is 7.04. The highest BCUT2D eigenvalue weighted by Crippen LogP contribution is 2.11. The van der Waals surface area contributed by atoms with Crippen LogP contribution in [0.3, 0.4) is 0 Å². The van der Waals surface area contributed by atoms with E-state index in [9.17, 15) is 0 Å². The first-order valence-electron chi connectivity index (χ1n) is 5.85. The van der Waals surface area contributed by atoms with Crippen LogP contribution < -0.4 is 5.32 Å². The van der Waals surface area contributed by atoms with Gasteiger partial charge < -0.3 is 5.32 Å². The maximum atomic E-state index is 4.53. The molecule has 0 aliphatic rings. The number of hydrogen-bond acceptors (Lipinski definition) is 3. The van der Waals surface area contributed by atoms with Gasteiger partial charge in [-0.2, -0.15) is 10.2 Å². The summed E-state index contributed by atoms with van der Waals surface area (Å²) in [5.74, 6) is 0. The lowest BCUT2D eigenvalue weighted by Crippen LogP contribution is -2.22. The summed E-state index contributed by atoms with van der Waals surface area (Å²) in [5.41, 5.74) is 3.06. The van der Waals surface area contributed by atoms with E-state index in [4.69, 9.17) is 0 Å². The first-order chi connectivity index (χ1) is 8.06. The van der Waals surface area contributed by atoms with Gasteiger partial charge in [0.25, 0.3) is 0 Å². The molecule has 2 aromatic rings. The Bertz CT molecular complexity index is 495. The Kier molecular flexibility index (Phi) is 3.28. The minimum atomic E-state index is 0.472. The number of nitrogens with one attached hydrogen (secondary N) is 1.